The second-order valence-electron chi connectivity index (χ2n) is 6.54. The molecule has 3 N–H and O–H groups in total. The summed E-state index contributed by atoms with van der Waals surface area (Å²) in [7, 11) is 0. The highest BCUT2D eigenvalue weighted by Crippen LogP contribution is 2.29. The van der Waals surface area contributed by atoms with Crippen molar-refractivity contribution in [1.82, 2.24) is 20.8 Å². The Morgan fingerprint density at radius 3 is 2.69 bits per heavy atom. The van der Waals surface area contributed by atoms with E-state index in [2.05, 4.69) is 26.1 Å². The van der Waals surface area contributed by atoms with Gasteiger partial charge < -0.3 is 20.7 Å². The minimum absolute atomic E-state index is 0.0697. The third-order valence-corrected chi connectivity index (χ3v) is 5.34. The minimum Gasteiger partial charge on any atom is -0.430 e. The quantitative estimate of drug-likeness (QED) is 0.739. The standard InChI is InChI=1S/C17H19N5O3S/c1-9(23)18-16-21-22-17(26-16)25-12-5-2-10(3-6-12)15(24)20-14-8-11-4-7-13(14)19-11/h2-3,5-6,11,13-14,19H,4,7-8H2,1H3,(H,20,24)(H,18,21,23). The van der Waals surface area contributed by atoms with Crippen molar-refractivity contribution in [2.75, 3.05) is 5.32 Å². The summed E-state index contributed by atoms with van der Waals surface area (Å²) in [5, 5.41) is 17.5. The smallest absolute Gasteiger partial charge is 0.301 e. The summed E-state index contributed by atoms with van der Waals surface area (Å²) in [5.41, 5.74) is 0.594. The molecule has 26 heavy (non-hydrogen) atoms. The predicted molar refractivity (Wildman–Crippen MR) is 96.5 cm³/mol. The summed E-state index contributed by atoms with van der Waals surface area (Å²) in [5.74, 6) is 0.266. The van der Waals surface area contributed by atoms with Crippen LogP contribution in [0.15, 0.2) is 24.3 Å². The average molecular weight is 373 g/mol. The molecule has 1 aromatic heterocycles. The molecule has 9 heteroatoms. The van der Waals surface area contributed by atoms with Crippen LogP contribution in [0.1, 0.15) is 36.5 Å². The maximum absolute atomic E-state index is 12.4. The van der Waals surface area contributed by atoms with Crippen LogP contribution in [0.2, 0.25) is 0 Å². The third-order valence-electron chi connectivity index (χ3n) is 4.63. The molecule has 3 heterocycles. The van der Waals surface area contributed by atoms with Crippen molar-refractivity contribution in [3.05, 3.63) is 29.8 Å². The maximum atomic E-state index is 12.4. The number of benzene rings is 1. The van der Waals surface area contributed by atoms with Gasteiger partial charge in [-0.05, 0) is 54.9 Å². The number of hydrogen-bond acceptors (Lipinski definition) is 7. The number of anilines is 1. The van der Waals surface area contributed by atoms with Crippen LogP contribution in [0.5, 0.6) is 10.9 Å². The first-order valence-corrected chi connectivity index (χ1v) is 9.34. The lowest BCUT2D eigenvalue weighted by atomic mass is 9.95. The highest BCUT2D eigenvalue weighted by atomic mass is 32.1. The Bertz CT molecular complexity index is 822. The summed E-state index contributed by atoms with van der Waals surface area (Å²) in [6.45, 7) is 1.40. The van der Waals surface area contributed by atoms with Crippen LogP contribution < -0.4 is 20.7 Å². The number of hydrogen-bond donors (Lipinski definition) is 3. The molecule has 2 aliphatic rings. The van der Waals surface area contributed by atoms with Gasteiger partial charge >= 0.3 is 5.19 Å². The number of rotatable bonds is 5. The molecule has 0 saturated carbocycles. The molecule has 0 aliphatic carbocycles. The second kappa shape index (κ2) is 7.00. The van der Waals surface area contributed by atoms with Crippen molar-refractivity contribution >= 4 is 28.3 Å². The number of amides is 2. The maximum Gasteiger partial charge on any atom is 0.301 e. The fourth-order valence-electron chi connectivity index (χ4n) is 3.46. The molecule has 4 rings (SSSR count). The van der Waals surface area contributed by atoms with Gasteiger partial charge in [-0.2, -0.15) is 0 Å². The largest absolute Gasteiger partial charge is 0.430 e. The van der Waals surface area contributed by atoms with Crippen LogP contribution in [0, 0.1) is 0 Å². The van der Waals surface area contributed by atoms with E-state index in [-0.39, 0.29) is 17.9 Å². The van der Waals surface area contributed by atoms with Crippen molar-refractivity contribution in [1.29, 1.82) is 0 Å². The zero-order valence-electron chi connectivity index (χ0n) is 14.2. The van der Waals surface area contributed by atoms with Gasteiger partial charge in [0.1, 0.15) is 5.75 Å². The summed E-state index contributed by atoms with van der Waals surface area (Å²) in [6.07, 6.45) is 3.34. The van der Waals surface area contributed by atoms with Crippen LogP contribution in [-0.2, 0) is 4.79 Å². The van der Waals surface area contributed by atoms with Crippen molar-refractivity contribution in [3.63, 3.8) is 0 Å². The first-order valence-electron chi connectivity index (χ1n) is 8.53. The molecule has 2 saturated heterocycles. The Kier molecular flexibility index (Phi) is 4.56. The second-order valence-corrected chi connectivity index (χ2v) is 7.48. The van der Waals surface area contributed by atoms with E-state index in [1.807, 2.05) is 0 Å². The summed E-state index contributed by atoms with van der Waals surface area (Å²) in [6, 6.07) is 8.05. The average Bonchev–Trinajstić information content (AvgIpc) is 3.32. The van der Waals surface area contributed by atoms with E-state index < -0.39 is 0 Å². The Hall–Kier alpha value is -2.52. The lowest BCUT2D eigenvalue weighted by Gasteiger charge is -2.21. The van der Waals surface area contributed by atoms with Crippen LogP contribution in [0.3, 0.4) is 0 Å². The molecular weight excluding hydrogens is 354 g/mol. The van der Waals surface area contributed by atoms with Gasteiger partial charge in [-0.15, -0.1) is 5.10 Å². The highest BCUT2D eigenvalue weighted by molar-refractivity contribution is 7.17. The Morgan fingerprint density at radius 1 is 1.23 bits per heavy atom. The molecule has 2 bridgehead atoms. The Balaban J connectivity index is 1.35. The van der Waals surface area contributed by atoms with E-state index in [9.17, 15) is 9.59 Å². The normalized spacial score (nSPS) is 23.7. The zero-order valence-corrected chi connectivity index (χ0v) is 15.0. The van der Waals surface area contributed by atoms with E-state index >= 15 is 0 Å². The molecule has 2 aliphatic heterocycles. The fraction of sp³-hybridized carbons (Fsp3) is 0.412. The summed E-state index contributed by atoms with van der Waals surface area (Å²) in [4.78, 5) is 23.4. The third kappa shape index (κ3) is 3.68. The van der Waals surface area contributed by atoms with Crippen molar-refractivity contribution in [3.8, 4) is 10.9 Å². The van der Waals surface area contributed by atoms with Gasteiger partial charge in [0.25, 0.3) is 5.91 Å². The number of carbonyl (C=O) groups excluding carboxylic acids is 2. The van der Waals surface area contributed by atoms with E-state index in [1.165, 1.54) is 13.3 Å². The van der Waals surface area contributed by atoms with Gasteiger partial charge in [0.15, 0.2) is 0 Å². The van der Waals surface area contributed by atoms with Crippen LogP contribution in [-0.4, -0.2) is 40.1 Å². The molecule has 8 nitrogen and oxygen atoms in total. The summed E-state index contributed by atoms with van der Waals surface area (Å²) >= 11 is 1.13. The molecular formula is C17H19N5O3S. The van der Waals surface area contributed by atoms with Crippen molar-refractivity contribution < 1.29 is 14.3 Å². The predicted octanol–water partition coefficient (Wildman–Crippen LogP) is 1.91. The molecule has 2 fully saturated rings. The van der Waals surface area contributed by atoms with E-state index in [0.29, 0.717) is 33.7 Å². The van der Waals surface area contributed by atoms with Gasteiger partial charge in [0.05, 0.1) is 0 Å². The number of nitrogens with zero attached hydrogens (tertiary/aromatic N) is 2. The Morgan fingerprint density at radius 2 is 2.04 bits per heavy atom. The van der Waals surface area contributed by atoms with Gasteiger partial charge in [-0.1, -0.05) is 5.10 Å². The van der Waals surface area contributed by atoms with Gasteiger partial charge in [-0.3, -0.25) is 9.59 Å². The van der Waals surface area contributed by atoms with Crippen molar-refractivity contribution in [2.24, 2.45) is 0 Å². The lowest BCUT2D eigenvalue weighted by Crippen LogP contribution is -2.42. The zero-order chi connectivity index (χ0) is 18.1. The first-order chi connectivity index (χ1) is 12.6. The molecule has 2 amide bonds. The molecule has 3 unspecified atom stereocenters. The monoisotopic (exact) mass is 373 g/mol. The molecule has 3 atom stereocenters. The SMILES string of the molecule is CC(=O)Nc1nnc(Oc2ccc(C(=O)NC3CC4CCC3N4)cc2)s1. The van der Waals surface area contributed by atoms with Gasteiger partial charge in [-0.25, -0.2) is 0 Å². The lowest BCUT2D eigenvalue weighted by molar-refractivity contribution is -0.114. The van der Waals surface area contributed by atoms with Crippen LogP contribution in [0.4, 0.5) is 5.13 Å². The fourth-order valence-corrected chi connectivity index (χ4v) is 4.12. The van der Waals surface area contributed by atoms with Crippen LogP contribution >= 0.6 is 11.3 Å². The van der Waals surface area contributed by atoms with Gasteiger partial charge in [0.2, 0.25) is 11.0 Å². The van der Waals surface area contributed by atoms with Crippen molar-refractivity contribution in [2.45, 2.75) is 44.3 Å². The van der Waals surface area contributed by atoms with E-state index in [1.54, 1.807) is 24.3 Å². The summed E-state index contributed by atoms with van der Waals surface area (Å²) < 4.78 is 5.60. The number of aromatic nitrogens is 2. The molecule has 0 radical (unpaired) electrons. The number of fused-ring (bicyclic) bond motifs is 2. The first kappa shape index (κ1) is 16.9. The minimum atomic E-state index is -0.214. The molecule has 136 valence electrons. The van der Waals surface area contributed by atoms with E-state index in [4.69, 9.17) is 4.74 Å². The highest BCUT2D eigenvalue weighted by Gasteiger charge is 2.39. The molecule has 2 aromatic rings. The number of carbonyl (C=O) groups is 2. The van der Waals surface area contributed by atoms with Crippen LogP contribution in [0.25, 0.3) is 0 Å². The molecule has 0 spiro atoms. The van der Waals surface area contributed by atoms with E-state index in [0.717, 1.165) is 24.2 Å². The topological polar surface area (TPSA) is 105 Å². The Labute approximate surface area is 154 Å². The van der Waals surface area contributed by atoms with Gasteiger partial charge in [0, 0.05) is 30.6 Å². The number of ether oxygens (including phenoxy) is 1. The molecule has 1 aromatic carbocycles. The number of nitrogens with one attached hydrogen (secondary N) is 3.